The Hall–Kier alpha value is -2.54. The largest absolute Gasteiger partial charge is 0.491 e. The lowest BCUT2D eigenvalue weighted by molar-refractivity contribution is -0.121. The van der Waals surface area contributed by atoms with Crippen molar-refractivity contribution in [2.45, 2.75) is 51.9 Å². The van der Waals surface area contributed by atoms with Crippen LogP contribution in [0.15, 0.2) is 18.3 Å². The number of likely N-dealkylation sites (N-methyl/N-ethyl adjacent to an activating group) is 1. The Balaban J connectivity index is 1.57. The lowest BCUT2D eigenvalue weighted by Crippen LogP contribution is -2.34. The smallest absolute Gasteiger partial charge is 0.180 e. The zero-order chi connectivity index (χ0) is 21.1. The molecule has 2 aliphatic carbocycles. The second kappa shape index (κ2) is 8.68. The van der Waals surface area contributed by atoms with Gasteiger partial charge in [0, 0.05) is 37.0 Å². The summed E-state index contributed by atoms with van der Waals surface area (Å²) in [5, 5.41) is 8.98. The van der Waals surface area contributed by atoms with Crippen LogP contribution in [0.3, 0.4) is 0 Å². The Labute approximate surface area is 177 Å². The van der Waals surface area contributed by atoms with Crippen LogP contribution in [0.1, 0.15) is 50.3 Å². The van der Waals surface area contributed by atoms with E-state index in [-0.39, 0.29) is 24.4 Å². The van der Waals surface area contributed by atoms with Crippen molar-refractivity contribution in [1.29, 1.82) is 0 Å². The molecule has 2 aromatic rings. The standard InChI is InChI=1S/C23H30N4O3/c1-23(8-4-9-23)14-16(29)15-27(2)22-18-5-3-6-19(18)25-21(26-22)20-13-17(7-10-24-20)30-12-11-28/h7,10,13,28H,3-6,8-9,11-12,14-15H2,1-2H3. The molecule has 1 fully saturated rings. The number of aliphatic hydroxyl groups excluding tert-OH is 1. The second-order valence-electron chi connectivity index (χ2n) is 8.83. The van der Waals surface area contributed by atoms with E-state index in [0.717, 1.165) is 49.2 Å². The maximum atomic E-state index is 12.7. The summed E-state index contributed by atoms with van der Waals surface area (Å²) in [5.74, 6) is 2.27. The third-order valence-corrected chi connectivity index (χ3v) is 6.19. The molecule has 160 valence electrons. The molecule has 7 heteroatoms. The third kappa shape index (κ3) is 4.46. The van der Waals surface area contributed by atoms with Crippen molar-refractivity contribution in [1.82, 2.24) is 15.0 Å². The molecule has 7 nitrogen and oxygen atoms in total. The van der Waals surface area contributed by atoms with Crippen molar-refractivity contribution in [3.05, 3.63) is 29.6 Å². The van der Waals surface area contributed by atoms with Gasteiger partial charge in [0.25, 0.3) is 0 Å². The van der Waals surface area contributed by atoms with Crippen molar-refractivity contribution in [2.24, 2.45) is 5.41 Å². The predicted molar refractivity (Wildman–Crippen MR) is 115 cm³/mol. The molecule has 0 bridgehead atoms. The summed E-state index contributed by atoms with van der Waals surface area (Å²) in [7, 11) is 1.94. The van der Waals surface area contributed by atoms with Crippen molar-refractivity contribution in [3.8, 4) is 17.3 Å². The first kappa shape index (κ1) is 20.7. The first-order valence-corrected chi connectivity index (χ1v) is 10.8. The van der Waals surface area contributed by atoms with Gasteiger partial charge in [0.15, 0.2) is 11.6 Å². The van der Waals surface area contributed by atoms with Crippen LogP contribution in [0, 0.1) is 5.41 Å². The average molecular weight is 411 g/mol. The van der Waals surface area contributed by atoms with Crippen molar-refractivity contribution >= 4 is 11.6 Å². The van der Waals surface area contributed by atoms with Gasteiger partial charge in [0.05, 0.1) is 13.2 Å². The van der Waals surface area contributed by atoms with Crippen LogP contribution in [0.5, 0.6) is 5.75 Å². The van der Waals surface area contributed by atoms with Crippen molar-refractivity contribution in [3.63, 3.8) is 0 Å². The molecule has 0 spiro atoms. The summed E-state index contributed by atoms with van der Waals surface area (Å²) >= 11 is 0. The minimum absolute atomic E-state index is 0.0466. The number of hydrogen-bond acceptors (Lipinski definition) is 7. The average Bonchev–Trinajstić information content (AvgIpc) is 3.19. The number of rotatable bonds is 9. The summed E-state index contributed by atoms with van der Waals surface area (Å²) in [6, 6.07) is 3.54. The lowest BCUT2D eigenvalue weighted by Gasteiger charge is -2.38. The highest BCUT2D eigenvalue weighted by Crippen LogP contribution is 2.43. The van der Waals surface area contributed by atoms with Crippen LogP contribution in [-0.4, -0.2) is 52.6 Å². The number of fused-ring (bicyclic) bond motifs is 1. The number of anilines is 1. The maximum absolute atomic E-state index is 12.7. The Morgan fingerprint density at radius 3 is 2.83 bits per heavy atom. The molecule has 0 aliphatic heterocycles. The van der Waals surface area contributed by atoms with Crippen LogP contribution in [0.4, 0.5) is 5.82 Å². The molecule has 0 saturated heterocycles. The predicted octanol–water partition coefficient (Wildman–Crippen LogP) is 2.98. The van der Waals surface area contributed by atoms with Gasteiger partial charge in [-0.15, -0.1) is 0 Å². The fourth-order valence-corrected chi connectivity index (χ4v) is 4.46. The maximum Gasteiger partial charge on any atom is 0.180 e. The molecule has 4 rings (SSSR count). The molecule has 30 heavy (non-hydrogen) atoms. The number of ketones is 1. The third-order valence-electron chi connectivity index (χ3n) is 6.19. The van der Waals surface area contributed by atoms with Gasteiger partial charge in [-0.3, -0.25) is 9.78 Å². The van der Waals surface area contributed by atoms with E-state index < -0.39 is 0 Å². The highest BCUT2D eigenvalue weighted by molar-refractivity contribution is 5.84. The molecule has 0 unspecified atom stereocenters. The number of hydrogen-bond donors (Lipinski definition) is 1. The number of nitrogens with zero attached hydrogens (tertiary/aromatic N) is 4. The molecule has 2 heterocycles. The molecular weight excluding hydrogens is 380 g/mol. The first-order valence-electron chi connectivity index (χ1n) is 10.8. The molecular formula is C23H30N4O3. The lowest BCUT2D eigenvalue weighted by atomic mass is 9.67. The van der Waals surface area contributed by atoms with Crippen molar-refractivity contribution < 1.29 is 14.6 Å². The number of pyridine rings is 1. The van der Waals surface area contributed by atoms with Gasteiger partial charge in [-0.1, -0.05) is 13.3 Å². The zero-order valence-electron chi connectivity index (χ0n) is 17.9. The number of ether oxygens (including phenoxy) is 1. The van der Waals surface area contributed by atoms with Gasteiger partial charge < -0.3 is 14.7 Å². The number of aliphatic hydroxyl groups is 1. The number of carbonyl (C=O) groups excluding carboxylic acids is 1. The Morgan fingerprint density at radius 1 is 1.27 bits per heavy atom. The molecule has 0 atom stereocenters. The molecule has 2 aliphatic rings. The summed E-state index contributed by atoms with van der Waals surface area (Å²) in [6.45, 7) is 2.76. The highest BCUT2D eigenvalue weighted by atomic mass is 16.5. The van der Waals surface area contributed by atoms with Crippen LogP contribution >= 0.6 is 0 Å². The summed E-state index contributed by atoms with van der Waals surface area (Å²) in [5.41, 5.74) is 3.01. The monoisotopic (exact) mass is 410 g/mol. The molecule has 0 radical (unpaired) electrons. The molecule has 1 saturated carbocycles. The van der Waals surface area contributed by atoms with Crippen LogP contribution in [0.25, 0.3) is 11.5 Å². The summed E-state index contributed by atoms with van der Waals surface area (Å²) < 4.78 is 5.50. The number of Topliss-reactive ketones (excluding diaryl/α,β-unsaturated/α-hetero) is 1. The van der Waals surface area contributed by atoms with Gasteiger partial charge in [-0.25, -0.2) is 9.97 Å². The molecule has 0 aromatic carbocycles. The van der Waals surface area contributed by atoms with E-state index in [4.69, 9.17) is 19.8 Å². The van der Waals surface area contributed by atoms with E-state index in [9.17, 15) is 4.79 Å². The Morgan fingerprint density at radius 2 is 2.10 bits per heavy atom. The minimum atomic E-state index is -0.0466. The molecule has 0 amide bonds. The summed E-state index contributed by atoms with van der Waals surface area (Å²) in [4.78, 5) is 28.7. The van der Waals surface area contributed by atoms with Gasteiger partial charge in [0.2, 0.25) is 0 Å². The molecule has 2 aromatic heterocycles. The van der Waals surface area contributed by atoms with E-state index in [1.54, 1.807) is 18.3 Å². The Kier molecular flexibility index (Phi) is 5.99. The van der Waals surface area contributed by atoms with Crippen LogP contribution in [0.2, 0.25) is 0 Å². The van der Waals surface area contributed by atoms with Gasteiger partial charge in [-0.2, -0.15) is 0 Å². The fraction of sp³-hybridized carbons (Fsp3) is 0.565. The minimum Gasteiger partial charge on any atom is -0.491 e. The van der Waals surface area contributed by atoms with E-state index in [0.29, 0.717) is 30.2 Å². The second-order valence-corrected chi connectivity index (χ2v) is 8.83. The first-order chi connectivity index (χ1) is 14.5. The summed E-state index contributed by atoms with van der Waals surface area (Å²) in [6.07, 6.45) is 8.73. The SMILES string of the molecule is CN(CC(=O)CC1(C)CCC1)c1nc(-c2cc(OCCO)ccn2)nc2c1CCC2. The van der Waals surface area contributed by atoms with E-state index >= 15 is 0 Å². The quantitative estimate of drug-likeness (QED) is 0.680. The number of carbonyl (C=O) groups is 1. The number of aryl methyl sites for hydroxylation is 1. The Bertz CT molecular complexity index is 927. The van der Waals surface area contributed by atoms with Gasteiger partial charge in [-0.05, 0) is 43.6 Å². The topological polar surface area (TPSA) is 88.4 Å². The van der Waals surface area contributed by atoms with Crippen LogP contribution < -0.4 is 9.64 Å². The van der Waals surface area contributed by atoms with Gasteiger partial charge >= 0.3 is 0 Å². The van der Waals surface area contributed by atoms with E-state index in [1.807, 2.05) is 11.9 Å². The fourth-order valence-electron chi connectivity index (χ4n) is 4.46. The van der Waals surface area contributed by atoms with Gasteiger partial charge in [0.1, 0.15) is 23.9 Å². The van der Waals surface area contributed by atoms with Crippen LogP contribution in [-0.2, 0) is 17.6 Å². The van der Waals surface area contributed by atoms with E-state index in [2.05, 4.69) is 11.9 Å². The normalized spacial score (nSPS) is 16.6. The highest BCUT2D eigenvalue weighted by Gasteiger charge is 2.34. The van der Waals surface area contributed by atoms with Crippen molar-refractivity contribution in [2.75, 3.05) is 31.7 Å². The zero-order valence-corrected chi connectivity index (χ0v) is 17.9. The number of aromatic nitrogens is 3. The molecule has 1 N–H and O–H groups in total. The van der Waals surface area contributed by atoms with E-state index in [1.165, 1.54) is 6.42 Å².